The van der Waals surface area contributed by atoms with Crippen LogP contribution in [0.5, 0.6) is 0 Å². The van der Waals surface area contributed by atoms with Crippen molar-refractivity contribution >= 4 is 0 Å². The monoisotopic (exact) mass is 206 g/mol. The summed E-state index contributed by atoms with van der Waals surface area (Å²) >= 11 is 0. The maximum Gasteiger partial charge on any atom is 0.0312 e. The van der Waals surface area contributed by atoms with E-state index in [1.807, 2.05) is 0 Å². The Morgan fingerprint density at radius 1 is 1.07 bits per heavy atom. The molecule has 0 aliphatic rings. The van der Waals surface area contributed by atoms with Gasteiger partial charge in [0.2, 0.25) is 0 Å². The molecule has 0 bridgehead atoms. The molecule has 0 spiro atoms. The molecule has 0 saturated carbocycles. The highest BCUT2D eigenvalue weighted by Gasteiger charge is 2.14. The van der Waals surface area contributed by atoms with Gasteiger partial charge in [-0.05, 0) is 68.5 Å². The third-order valence-electron chi connectivity index (χ3n) is 3.27. The van der Waals surface area contributed by atoms with Crippen molar-refractivity contribution in [3.05, 3.63) is 33.9 Å². The maximum absolute atomic E-state index is 6.16. The molecule has 0 saturated heterocycles. The second kappa shape index (κ2) is 4.77. The van der Waals surface area contributed by atoms with Crippen LogP contribution < -0.4 is 11.5 Å². The standard InChI is InChI=1S/C13H22N2/c1-8-7-9(2)11(4)13(10(8)3)12(15)5-6-14/h7,12H,5-6,14-15H2,1-4H3. The molecule has 0 aromatic heterocycles. The van der Waals surface area contributed by atoms with Crippen molar-refractivity contribution in [2.45, 2.75) is 40.2 Å². The zero-order valence-electron chi connectivity index (χ0n) is 10.2. The minimum Gasteiger partial charge on any atom is -0.330 e. The van der Waals surface area contributed by atoms with Crippen molar-refractivity contribution in [3.63, 3.8) is 0 Å². The number of hydrogen-bond acceptors (Lipinski definition) is 2. The van der Waals surface area contributed by atoms with E-state index < -0.39 is 0 Å². The van der Waals surface area contributed by atoms with Gasteiger partial charge in [0.15, 0.2) is 0 Å². The first kappa shape index (κ1) is 12.2. The van der Waals surface area contributed by atoms with E-state index >= 15 is 0 Å². The summed E-state index contributed by atoms with van der Waals surface area (Å²) in [6.45, 7) is 9.22. The summed E-state index contributed by atoms with van der Waals surface area (Å²) in [4.78, 5) is 0. The van der Waals surface area contributed by atoms with Crippen molar-refractivity contribution < 1.29 is 0 Å². The van der Waals surface area contributed by atoms with Crippen LogP contribution in [0.1, 0.15) is 40.3 Å². The summed E-state index contributed by atoms with van der Waals surface area (Å²) in [7, 11) is 0. The average molecular weight is 206 g/mol. The predicted molar refractivity (Wildman–Crippen MR) is 66.0 cm³/mol. The van der Waals surface area contributed by atoms with E-state index in [0.29, 0.717) is 6.54 Å². The van der Waals surface area contributed by atoms with E-state index in [4.69, 9.17) is 11.5 Å². The molecular formula is C13H22N2. The van der Waals surface area contributed by atoms with Crippen LogP contribution in [0.2, 0.25) is 0 Å². The van der Waals surface area contributed by atoms with Crippen molar-refractivity contribution in [1.82, 2.24) is 0 Å². The summed E-state index contributed by atoms with van der Waals surface area (Å²) in [6.07, 6.45) is 0.852. The van der Waals surface area contributed by atoms with Gasteiger partial charge < -0.3 is 11.5 Å². The largest absolute Gasteiger partial charge is 0.330 e. The van der Waals surface area contributed by atoms with Gasteiger partial charge in [0.05, 0.1) is 0 Å². The fraction of sp³-hybridized carbons (Fsp3) is 0.538. The van der Waals surface area contributed by atoms with Crippen molar-refractivity contribution in [1.29, 1.82) is 0 Å². The first-order chi connectivity index (χ1) is 6.99. The Morgan fingerprint density at radius 3 is 1.93 bits per heavy atom. The van der Waals surface area contributed by atoms with Crippen LogP contribution in [0.4, 0.5) is 0 Å². The Kier molecular flexibility index (Phi) is 3.89. The lowest BCUT2D eigenvalue weighted by atomic mass is 9.89. The van der Waals surface area contributed by atoms with Gasteiger partial charge >= 0.3 is 0 Å². The zero-order valence-corrected chi connectivity index (χ0v) is 10.2. The van der Waals surface area contributed by atoms with Gasteiger partial charge in [-0.15, -0.1) is 0 Å². The summed E-state index contributed by atoms with van der Waals surface area (Å²) < 4.78 is 0. The van der Waals surface area contributed by atoms with Gasteiger partial charge in [-0.2, -0.15) is 0 Å². The molecule has 1 rings (SSSR count). The van der Waals surface area contributed by atoms with Gasteiger partial charge in [0.1, 0.15) is 0 Å². The van der Waals surface area contributed by atoms with Gasteiger partial charge in [-0.1, -0.05) is 6.07 Å². The average Bonchev–Trinajstić information content (AvgIpc) is 2.16. The molecule has 0 heterocycles. The first-order valence-electron chi connectivity index (χ1n) is 5.52. The Balaban J connectivity index is 3.26. The molecule has 2 nitrogen and oxygen atoms in total. The summed E-state index contributed by atoms with van der Waals surface area (Å²) in [6, 6.07) is 2.30. The minimum atomic E-state index is 0.0774. The van der Waals surface area contributed by atoms with Crippen LogP contribution >= 0.6 is 0 Å². The van der Waals surface area contributed by atoms with Crippen LogP contribution in [-0.2, 0) is 0 Å². The van der Waals surface area contributed by atoms with Crippen molar-refractivity contribution in [2.75, 3.05) is 6.54 Å². The van der Waals surface area contributed by atoms with E-state index in [2.05, 4.69) is 33.8 Å². The topological polar surface area (TPSA) is 52.0 Å². The quantitative estimate of drug-likeness (QED) is 0.797. The minimum absolute atomic E-state index is 0.0774. The maximum atomic E-state index is 6.16. The van der Waals surface area contributed by atoms with Crippen molar-refractivity contribution in [2.24, 2.45) is 11.5 Å². The number of rotatable bonds is 3. The number of hydrogen-bond donors (Lipinski definition) is 2. The molecule has 1 unspecified atom stereocenters. The van der Waals surface area contributed by atoms with E-state index in [1.165, 1.54) is 27.8 Å². The Morgan fingerprint density at radius 2 is 1.53 bits per heavy atom. The summed E-state index contributed by atoms with van der Waals surface area (Å²) in [5, 5.41) is 0. The van der Waals surface area contributed by atoms with E-state index in [9.17, 15) is 0 Å². The molecular weight excluding hydrogens is 184 g/mol. The second-order valence-electron chi connectivity index (χ2n) is 4.36. The highest BCUT2D eigenvalue weighted by molar-refractivity contribution is 5.45. The van der Waals surface area contributed by atoms with Gasteiger partial charge in [-0.25, -0.2) is 0 Å². The molecule has 1 atom stereocenters. The SMILES string of the molecule is Cc1cc(C)c(C)c(C(N)CCN)c1C. The third kappa shape index (κ3) is 2.39. The Labute approximate surface area is 92.7 Å². The van der Waals surface area contributed by atoms with Gasteiger partial charge in [-0.3, -0.25) is 0 Å². The summed E-state index contributed by atoms with van der Waals surface area (Å²) in [5.41, 5.74) is 18.3. The van der Waals surface area contributed by atoms with Crippen molar-refractivity contribution in [3.8, 4) is 0 Å². The predicted octanol–water partition coefficient (Wildman–Crippen LogP) is 2.27. The fourth-order valence-electron chi connectivity index (χ4n) is 2.13. The molecule has 0 aliphatic carbocycles. The van der Waals surface area contributed by atoms with E-state index in [1.54, 1.807) is 0 Å². The van der Waals surface area contributed by atoms with Crippen LogP contribution in [0, 0.1) is 27.7 Å². The van der Waals surface area contributed by atoms with Crippen LogP contribution in [0.3, 0.4) is 0 Å². The molecule has 0 radical (unpaired) electrons. The highest BCUT2D eigenvalue weighted by atomic mass is 14.7. The molecule has 4 N–H and O–H groups in total. The molecule has 84 valence electrons. The van der Waals surface area contributed by atoms with Crippen LogP contribution in [-0.4, -0.2) is 6.54 Å². The molecule has 0 aliphatic heterocycles. The van der Waals surface area contributed by atoms with Gasteiger partial charge in [0, 0.05) is 6.04 Å². The van der Waals surface area contributed by atoms with Crippen LogP contribution in [0.15, 0.2) is 6.07 Å². The molecule has 1 aromatic rings. The zero-order chi connectivity index (χ0) is 11.6. The lowest BCUT2D eigenvalue weighted by molar-refractivity contribution is 0.652. The first-order valence-corrected chi connectivity index (χ1v) is 5.52. The lowest BCUT2D eigenvalue weighted by Gasteiger charge is -2.20. The Bertz CT molecular complexity index is 330. The van der Waals surface area contributed by atoms with E-state index in [0.717, 1.165) is 6.42 Å². The van der Waals surface area contributed by atoms with Crippen LogP contribution in [0.25, 0.3) is 0 Å². The van der Waals surface area contributed by atoms with E-state index in [-0.39, 0.29) is 6.04 Å². The summed E-state index contributed by atoms with van der Waals surface area (Å²) in [5.74, 6) is 0. The molecule has 2 heteroatoms. The number of aryl methyl sites for hydroxylation is 2. The highest BCUT2D eigenvalue weighted by Crippen LogP contribution is 2.27. The number of benzene rings is 1. The molecule has 1 aromatic carbocycles. The molecule has 0 fully saturated rings. The fourth-order valence-corrected chi connectivity index (χ4v) is 2.13. The Hall–Kier alpha value is -0.860. The molecule has 0 amide bonds. The smallest absolute Gasteiger partial charge is 0.0312 e. The third-order valence-corrected chi connectivity index (χ3v) is 3.27. The normalized spacial score (nSPS) is 12.9. The lowest BCUT2D eigenvalue weighted by Crippen LogP contribution is -2.18. The number of nitrogens with two attached hydrogens (primary N) is 2. The molecule has 15 heavy (non-hydrogen) atoms. The second-order valence-corrected chi connectivity index (χ2v) is 4.36. The van der Waals surface area contributed by atoms with Gasteiger partial charge in [0.25, 0.3) is 0 Å².